The normalized spacial score (nSPS) is 12.0. The molecule has 0 bridgehead atoms. The number of aromatic nitrogens is 3. The molecule has 3 aromatic heterocycles. The summed E-state index contributed by atoms with van der Waals surface area (Å²) in [4.78, 5) is 14.2. The smallest absolute Gasteiger partial charge is 0.307 e. The summed E-state index contributed by atoms with van der Waals surface area (Å²) in [5, 5.41) is 2.10. The molecule has 0 aliphatic heterocycles. The van der Waals surface area contributed by atoms with Crippen LogP contribution < -0.4 is 0 Å². The van der Waals surface area contributed by atoms with Crippen molar-refractivity contribution in [1.29, 1.82) is 0 Å². The lowest BCUT2D eigenvalue weighted by molar-refractivity contribution is 0.574. The minimum absolute atomic E-state index is 0.525. The minimum Gasteiger partial charge on any atom is -0.436 e. The van der Waals surface area contributed by atoms with Crippen LogP contribution in [0.25, 0.3) is 61.5 Å². The Kier molecular flexibility index (Phi) is 4.72. The number of rotatable bonds is 4. The van der Waals surface area contributed by atoms with Crippen molar-refractivity contribution < 1.29 is 8.83 Å². The molecule has 0 fully saturated rings. The maximum absolute atomic E-state index is 6.21. The molecule has 184 valence electrons. The molecule has 3 heterocycles. The van der Waals surface area contributed by atoms with Crippen molar-refractivity contribution in [3.05, 3.63) is 121 Å². The average molecular weight is 505 g/mol. The first-order chi connectivity index (χ1) is 19.3. The molecule has 0 saturated carbocycles. The highest BCUT2D eigenvalue weighted by Gasteiger charge is 2.19. The van der Waals surface area contributed by atoms with Crippen molar-refractivity contribution in [2.24, 2.45) is 4.99 Å². The van der Waals surface area contributed by atoms with E-state index in [1.807, 2.05) is 91.1 Å². The van der Waals surface area contributed by atoms with Crippen LogP contribution in [0.4, 0.5) is 5.69 Å². The van der Waals surface area contributed by atoms with Gasteiger partial charge in [-0.3, -0.25) is 9.56 Å². The highest BCUT2D eigenvalue weighted by Crippen LogP contribution is 2.36. The van der Waals surface area contributed by atoms with Gasteiger partial charge in [-0.05, 0) is 72.3 Å². The summed E-state index contributed by atoms with van der Waals surface area (Å²) in [5.74, 6) is 0.586. The fourth-order valence-corrected chi connectivity index (χ4v) is 5.07. The number of hydrogen-bond acceptors (Lipinski definition) is 5. The van der Waals surface area contributed by atoms with E-state index in [0.717, 1.165) is 60.8 Å². The lowest BCUT2D eigenvalue weighted by Gasteiger charge is -2.02. The van der Waals surface area contributed by atoms with Crippen LogP contribution in [-0.2, 0) is 0 Å². The van der Waals surface area contributed by atoms with Gasteiger partial charge in [0.15, 0.2) is 11.2 Å². The first-order valence-corrected chi connectivity index (χ1v) is 12.7. The highest BCUT2D eigenvalue weighted by atomic mass is 16.4. The highest BCUT2D eigenvalue weighted by molar-refractivity contribution is 6.11. The van der Waals surface area contributed by atoms with Gasteiger partial charge in [0.25, 0.3) is 0 Å². The molecule has 0 N–H and O–H groups in total. The van der Waals surface area contributed by atoms with Crippen molar-refractivity contribution in [2.75, 3.05) is 0 Å². The topological polar surface area (TPSA) is 69.3 Å². The van der Waals surface area contributed by atoms with E-state index in [9.17, 15) is 0 Å². The summed E-state index contributed by atoms with van der Waals surface area (Å²) in [6.45, 7) is 0. The zero-order valence-electron chi connectivity index (χ0n) is 20.7. The number of aliphatic imine (C=N–C) groups is 1. The third kappa shape index (κ3) is 3.61. The molecule has 0 saturated heterocycles. The summed E-state index contributed by atoms with van der Waals surface area (Å²) in [6.07, 6.45) is 1.89. The van der Waals surface area contributed by atoms with E-state index in [4.69, 9.17) is 18.8 Å². The number of fused-ring (bicyclic) bond motifs is 5. The maximum atomic E-state index is 6.21. The summed E-state index contributed by atoms with van der Waals surface area (Å²) in [5.41, 5.74) is 7.94. The van der Waals surface area contributed by atoms with Crippen LogP contribution in [0.2, 0.25) is 0 Å². The molecule has 8 aromatic rings. The van der Waals surface area contributed by atoms with Crippen LogP contribution in [-0.4, -0.2) is 20.7 Å². The lowest BCUT2D eigenvalue weighted by Crippen LogP contribution is -1.94. The molecule has 5 aromatic carbocycles. The van der Waals surface area contributed by atoms with E-state index in [1.54, 1.807) is 0 Å². The molecule has 0 aliphatic carbocycles. The zero-order chi connectivity index (χ0) is 25.8. The molecule has 0 radical (unpaired) electrons. The van der Waals surface area contributed by atoms with Crippen molar-refractivity contribution in [3.63, 3.8) is 0 Å². The molecule has 8 rings (SSSR count). The van der Waals surface area contributed by atoms with Crippen LogP contribution in [0.5, 0.6) is 0 Å². The second-order valence-electron chi connectivity index (χ2n) is 9.39. The van der Waals surface area contributed by atoms with Gasteiger partial charge < -0.3 is 8.83 Å². The number of nitrogens with zero attached hydrogens (tertiary/aromatic N) is 4. The Hall–Kier alpha value is -5.49. The molecule has 6 nitrogen and oxygen atoms in total. The number of hydrogen-bond donors (Lipinski definition) is 0. The SMILES string of the molecule is C(=Nc1ccccc1)c1ccc2c(c1)c1cc(-c3nc4ccccc4o3)ccc1n2-c1nc2ccccc2o1. The van der Waals surface area contributed by atoms with Gasteiger partial charge in [-0.25, -0.2) is 4.98 Å². The van der Waals surface area contributed by atoms with Gasteiger partial charge in [0, 0.05) is 22.6 Å². The van der Waals surface area contributed by atoms with Crippen LogP contribution in [0.3, 0.4) is 0 Å². The van der Waals surface area contributed by atoms with Crippen molar-refractivity contribution in [1.82, 2.24) is 14.5 Å². The molecule has 6 heteroatoms. The molecule has 0 atom stereocenters. The van der Waals surface area contributed by atoms with Gasteiger partial charge in [-0.1, -0.05) is 48.5 Å². The van der Waals surface area contributed by atoms with Gasteiger partial charge in [0.05, 0.1) is 16.7 Å². The first kappa shape index (κ1) is 21.6. The van der Waals surface area contributed by atoms with Crippen molar-refractivity contribution in [3.8, 4) is 17.5 Å². The van der Waals surface area contributed by atoms with Gasteiger partial charge in [0.1, 0.15) is 11.0 Å². The summed E-state index contributed by atoms with van der Waals surface area (Å²) in [6, 6.07) is 38.6. The van der Waals surface area contributed by atoms with Gasteiger partial charge in [-0.2, -0.15) is 4.98 Å². The predicted octanol–water partition coefficient (Wildman–Crippen LogP) is 8.48. The summed E-state index contributed by atoms with van der Waals surface area (Å²) >= 11 is 0. The molecular weight excluding hydrogens is 484 g/mol. The Morgan fingerprint density at radius 1 is 0.615 bits per heavy atom. The van der Waals surface area contributed by atoms with Gasteiger partial charge >= 0.3 is 6.01 Å². The first-order valence-electron chi connectivity index (χ1n) is 12.7. The Morgan fingerprint density at radius 2 is 1.28 bits per heavy atom. The van der Waals surface area contributed by atoms with Crippen LogP contribution in [0.1, 0.15) is 5.56 Å². The van der Waals surface area contributed by atoms with E-state index < -0.39 is 0 Å². The van der Waals surface area contributed by atoms with E-state index in [2.05, 4.69) is 39.9 Å². The third-order valence-corrected chi connectivity index (χ3v) is 6.92. The molecule has 0 spiro atoms. The quantitative estimate of drug-likeness (QED) is 0.225. The predicted molar refractivity (Wildman–Crippen MR) is 155 cm³/mol. The Bertz CT molecular complexity index is 2120. The Morgan fingerprint density at radius 3 is 2.05 bits per heavy atom. The monoisotopic (exact) mass is 504 g/mol. The molecule has 39 heavy (non-hydrogen) atoms. The van der Waals surface area contributed by atoms with Crippen molar-refractivity contribution >= 4 is 55.9 Å². The fraction of sp³-hybridized carbons (Fsp3) is 0. The molecule has 0 aliphatic rings. The summed E-state index contributed by atoms with van der Waals surface area (Å²) in [7, 11) is 0. The number of benzene rings is 5. The zero-order valence-corrected chi connectivity index (χ0v) is 20.7. The van der Waals surface area contributed by atoms with E-state index in [0.29, 0.717) is 11.9 Å². The second kappa shape index (κ2) is 8.53. The van der Waals surface area contributed by atoms with Gasteiger partial charge in [-0.15, -0.1) is 0 Å². The molecule has 0 amide bonds. The number of oxazole rings is 2. The fourth-order valence-electron chi connectivity index (χ4n) is 5.07. The van der Waals surface area contributed by atoms with Gasteiger partial charge in [0.2, 0.25) is 5.89 Å². The third-order valence-electron chi connectivity index (χ3n) is 6.92. The second-order valence-corrected chi connectivity index (χ2v) is 9.39. The maximum Gasteiger partial charge on any atom is 0.307 e. The Labute approximate surface area is 222 Å². The van der Waals surface area contributed by atoms with E-state index in [-0.39, 0.29) is 0 Å². The average Bonchev–Trinajstić information content (AvgIpc) is 3.69. The van der Waals surface area contributed by atoms with Crippen molar-refractivity contribution in [2.45, 2.75) is 0 Å². The molecule has 0 unspecified atom stereocenters. The largest absolute Gasteiger partial charge is 0.436 e. The lowest BCUT2D eigenvalue weighted by atomic mass is 10.1. The van der Waals surface area contributed by atoms with E-state index >= 15 is 0 Å². The minimum atomic E-state index is 0.525. The van der Waals surface area contributed by atoms with Crippen LogP contribution in [0.15, 0.2) is 129 Å². The van der Waals surface area contributed by atoms with Crippen LogP contribution >= 0.6 is 0 Å². The number of para-hydroxylation sites is 5. The standard InChI is InChI=1S/C33H20N4O2/c1-2-8-23(9-3-1)34-20-21-14-16-28-24(18-21)25-19-22(32-35-26-10-4-6-12-30(26)38-32)15-17-29(25)37(28)33-36-27-11-5-7-13-31(27)39-33/h1-20H. The van der Waals surface area contributed by atoms with E-state index in [1.165, 1.54) is 0 Å². The Balaban J connectivity index is 1.35. The molecular formula is C33H20N4O2. The van der Waals surface area contributed by atoms with Crippen LogP contribution in [0, 0.1) is 0 Å². The summed E-state index contributed by atoms with van der Waals surface area (Å²) < 4.78 is 14.4.